The van der Waals surface area contributed by atoms with Gasteiger partial charge in [0.05, 0.1) is 0 Å². The van der Waals surface area contributed by atoms with Gasteiger partial charge in [-0.3, -0.25) is 0 Å². The first kappa shape index (κ1) is 21.3. The normalized spacial score (nSPS) is 11.9. The molecule has 0 atom stereocenters. The second kappa shape index (κ2) is 10.4. The molecule has 0 fully saturated rings. The number of benzene rings is 1. The Hall–Kier alpha value is -0.981. The molecule has 4 nitrogen and oxygen atoms in total. The maximum absolute atomic E-state index is 15.0. The van der Waals surface area contributed by atoms with Gasteiger partial charge in [-0.15, -0.1) is 0 Å². The topological polar surface area (TPSA) is 43.6 Å². The van der Waals surface area contributed by atoms with Gasteiger partial charge in [-0.05, 0) is 0 Å². The SMILES string of the molecule is CCC[CH2][Sn]([CH2]CCC)([CH2]CCC)[c]1ccc(-n2nnnc2C)c(F)c1. The van der Waals surface area contributed by atoms with Crippen LogP contribution in [-0.2, 0) is 0 Å². The van der Waals surface area contributed by atoms with E-state index in [0.717, 1.165) is 0 Å². The fourth-order valence-electron chi connectivity index (χ4n) is 3.82. The van der Waals surface area contributed by atoms with Crippen LogP contribution >= 0.6 is 0 Å². The molecule has 1 heterocycles. The Morgan fingerprint density at radius 2 is 1.54 bits per heavy atom. The third-order valence-electron chi connectivity index (χ3n) is 5.44. The van der Waals surface area contributed by atoms with Crippen LogP contribution in [0.15, 0.2) is 18.2 Å². The van der Waals surface area contributed by atoms with Gasteiger partial charge in [0.2, 0.25) is 0 Å². The summed E-state index contributed by atoms with van der Waals surface area (Å²) in [6.45, 7) is 8.59. The van der Waals surface area contributed by atoms with Crippen LogP contribution in [0.4, 0.5) is 4.39 Å². The molecule has 0 aliphatic rings. The van der Waals surface area contributed by atoms with Crippen molar-refractivity contribution in [1.29, 1.82) is 0 Å². The van der Waals surface area contributed by atoms with Crippen LogP contribution < -0.4 is 3.58 Å². The summed E-state index contributed by atoms with van der Waals surface area (Å²) in [6, 6.07) is 5.91. The first-order chi connectivity index (χ1) is 12.6. The van der Waals surface area contributed by atoms with E-state index in [1.807, 2.05) is 12.1 Å². The van der Waals surface area contributed by atoms with E-state index in [9.17, 15) is 0 Å². The van der Waals surface area contributed by atoms with E-state index in [-0.39, 0.29) is 5.82 Å². The van der Waals surface area contributed by atoms with Crippen molar-refractivity contribution >= 4 is 22.0 Å². The van der Waals surface area contributed by atoms with Crippen molar-refractivity contribution in [2.24, 2.45) is 0 Å². The summed E-state index contributed by atoms with van der Waals surface area (Å²) >= 11 is -2.59. The zero-order valence-corrected chi connectivity index (χ0v) is 19.6. The van der Waals surface area contributed by atoms with Gasteiger partial charge in [0.1, 0.15) is 0 Å². The Kier molecular flexibility index (Phi) is 8.51. The first-order valence-corrected chi connectivity index (χ1v) is 17.6. The van der Waals surface area contributed by atoms with Crippen LogP contribution in [0.1, 0.15) is 65.1 Å². The average molecular weight is 467 g/mol. The summed E-state index contributed by atoms with van der Waals surface area (Å²) in [5.41, 5.74) is 0.456. The molecule has 0 aliphatic heterocycles. The molecule has 26 heavy (non-hydrogen) atoms. The minimum atomic E-state index is -2.59. The third kappa shape index (κ3) is 5.05. The van der Waals surface area contributed by atoms with Crippen LogP contribution in [-0.4, -0.2) is 38.6 Å². The molecular formula is C20H33FN4Sn. The van der Waals surface area contributed by atoms with Crippen LogP contribution in [0.5, 0.6) is 0 Å². The van der Waals surface area contributed by atoms with Gasteiger partial charge < -0.3 is 0 Å². The molecule has 2 rings (SSSR count). The molecule has 1 aromatic carbocycles. The maximum atomic E-state index is 15.0. The minimum absolute atomic E-state index is 0.191. The molecule has 144 valence electrons. The van der Waals surface area contributed by atoms with Gasteiger partial charge in [0, 0.05) is 0 Å². The van der Waals surface area contributed by atoms with Gasteiger partial charge in [-0.25, -0.2) is 0 Å². The van der Waals surface area contributed by atoms with E-state index in [2.05, 4.69) is 42.4 Å². The molecular weight excluding hydrogens is 434 g/mol. The Morgan fingerprint density at radius 1 is 0.962 bits per heavy atom. The van der Waals surface area contributed by atoms with Crippen LogP contribution in [0.25, 0.3) is 5.69 Å². The average Bonchev–Trinajstić information content (AvgIpc) is 3.07. The van der Waals surface area contributed by atoms with Crippen molar-refractivity contribution in [3.05, 3.63) is 29.8 Å². The number of hydrogen-bond acceptors (Lipinski definition) is 3. The van der Waals surface area contributed by atoms with Crippen molar-refractivity contribution in [3.63, 3.8) is 0 Å². The third-order valence-corrected chi connectivity index (χ3v) is 21.0. The van der Waals surface area contributed by atoms with Crippen LogP contribution in [0, 0.1) is 12.7 Å². The first-order valence-electron chi connectivity index (χ1n) is 10.1. The number of rotatable bonds is 11. The zero-order chi connectivity index (χ0) is 19.0. The molecule has 1 aromatic heterocycles. The van der Waals surface area contributed by atoms with Crippen molar-refractivity contribution in [3.8, 4) is 5.69 Å². The van der Waals surface area contributed by atoms with E-state index in [1.54, 1.807) is 6.92 Å². The fraction of sp³-hybridized carbons (Fsp3) is 0.650. The monoisotopic (exact) mass is 468 g/mol. The molecule has 0 unspecified atom stereocenters. The molecule has 0 N–H and O–H groups in total. The summed E-state index contributed by atoms with van der Waals surface area (Å²) in [5, 5.41) is 11.4. The molecule has 2 aromatic rings. The summed E-state index contributed by atoms with van der Waals surface area (Å²) in [7, 11) is 0. The van der Waals surface area contributed by atoms with E-state index >= 15 is 4.39 Å². The number of aryl methyl sites for hydroxylation is 1. The summed E-state index contributed by atoms with van der Waals surface area (Å²) in [5.74, 6) is 0.415. The Labute approximate surface area is 161 Å². The Morgan fingerprint density at radius 3 is 1.96 bits per heavy atom. The molecule has 6 heteroatoms. The summed E-state index contributed by atoms with van der Waals surface area (Å²) in [6.07, 6.45) is 7.50. The van der Waals surface area contributed by atoms with Crippen LogP contribution in [0.2, 0.25) is 13.3 Å². The predicted octanol–water partition coefficient (Wildman–Crippen LogP) is 5.17. The molecule has 0 saturated carbocycles. The second-order valence-corrected chi connectivity index (χ2v) is 20.6. The van der Waals surface area contributed by atoms with Gasteiger partial charge in [-0.1, -0.05) is 0 Å². The van der Waals surface area contributed by atoms with Crippen molar-refractivity contribution in [2.75, 3.05) is 0 Å². The van der Waals surface area contributed by atoms with E-state index in [4.69, 9.17) is 0 Å². The number of aromatic nitrogens is 4. The van der Waals surface area contributed by atoms with Gasteiger partial charge in [0.15, 0.2) is 0 Å². The number of tetrazole rings is 1. The van der Waals surface area contributed by atoms with Gasteiger partial charge in [-0.2, -0.15) is 0 Å². The molecule has 0 bridgehead atoms. The quantitative estimate of drug-likeness (QED) is 0.429. The number of hydrogen-bond donors (Lipinski definition) is 0. The molecule has 0 aliphatic carbocycles. The standard InChI is InChI=1S/C8H6FN4.3C4H9.Sn/c1-6-10-11-12-13(6)8-5-3-2-4-7(8)9;3*1-3-4-2;/h3-5H,1H3;3*1,3-4H2,2H3;. The number of halogens is 1. The van der Waals surface area contributed by atoms with Crippen molar-refractivity contribution in [1.82, 2.24) is 20.2 Å². The molecule has 0 spiro atoms. The van der Waals surface area contributed by atoms with E-state index < -0.39 is 18.4 Å². The Bertz CT molecular complexity index is 664. The second-order valence-electron chi connectivity index (χ2n) is 7.40. The van der Waals surface area contributed by atoms with E-state index in [1.165, 1.54) is 60.1 Å². The molecule has 0 amide bonds. The summed E-state index contributed by atoms with van der Waals surface area (Å²) in [4.78, 5) is 0. The van der Waals surface area contributed by atoms with Crippen molar-refractivity contribution in [2.45, 2.75) is 79.5 Å². The predicted molar refractivity (Wildman–Crippen MR) is 108 cm³/mol. The van der Waals surface area contributed by atoms with Crippen molar-refractivity contribution < 1.29 is 4.39 Å². The molecule has 0 radical (unpaired) electrons. The van der Waals surface area contributed by atoms with Gasteiger partial charge in [0.25, 0.3) is 0 Å². The number of nitrogens with zero attached hydrogens (tertiary/aromatic N) is 4. The van der Waals surface area contributed by atoms with Crippen LogP contribution in [0.3, 0.4) is 0 Å². The summed E-state index contributed by atoms with van der Waals surface area (Å²) < 4.78 is 21.9. The Balaban J connectivity index is 2.42. The number of unbranched alkanes of at least 4 members (excludes halogenated alkanes) is 3. The molecule has 0 saturated heterocycles. The fourth-order valence-corrected chi connectivity index (χ4v) is 19.7. The van der Waals surface area contributed by atoms with Gasteiger partial charge >= 0.3 is 162 Å². The zero-order valence-electron chi connectivity index (χ0n) is 16.8. The van der Waals surface area contributed by atoms with E-state index in [0.29, 0.717) is 11.5 Å².